The first-order chi connectivity index (χ1) is 6.68. The van der Waals surface area contributed by atoms with Crippen molar-refractivity contribution in [3.05, 3.63) is 30.3 Å². The lowest BCUT2D eigenvalue weighted by Crippen LogP contribution is -2.17. The van der Waals surface area contributed by atoms with E-state index < -0.39 is 11.9 Å². The van der Waals surface area contributed by atoms with Gasteiger partial charge in [-0.3, -0.25) is 4.79 Å². The third kappa shape index (κ3) is 3.71. The first kappa shape index (κ1) is 10.2. The third-order valence-electron chi connectivity index (χ3n) is 1.37. The van der Waals surface area contributed by atoms with Gasteiger partial charge >= 0.3 is 11.9 Å². The minimum absolute atomic E-state index is 0.357. The number of para-hydroxylation sites is 1. The standard InChI is InChI=1S/C10H10O4/c1-8(11)13-7-10(12)14-9-5-3-2-4-6-9/h2-6H,7H2,1H3. The van der Waals surface area contributed by atoms with Gasteiger partial charge in [0.1, 0.15) is 5.75 Å². The van der Waals surface area contributed by atoms with Crippen molar-refractivity contribution in [3.8, 4) is 5.75 Å². The Labute approximate surface area is 81.4 Å². The Kier molecular flexibility index (Phi) is 3.67. The second-order valence-corrected chi connectivity index (χ2v) is 2.57. The molecule has 0 radical (unpaired) electrons. The molecule has 4 nitrogen and oxygen atoms in total. The molecule has 0 aliphatic rings. The van der Waals surface area contributed by atoms with E-state index in [1.165, 1.54) is 6.92 Å². The van der Waals surface area contributed by atoms with Gasteiger partial charge in [-0.15, -0.1) is 0 Å². The smallest absolute Gasteiger partial charge is 0.349 e. The van der Waals surface area contributed by atoms with Crippen molar-refractivity contribution in [3.63, 3.8) is 0 Å². The first-order valence-corrected chi connectivity index (χ1v) is 4.07. The Morgan fingerprint density at radius 1 is 1.21 bits per heavy atom. The van der Waals surface area contributed by atoms with Crippen LogP contribution in [0.2, 0.25) is 0 Å². The van der Waals surface area contributed by atoms with Gasteiger partial charge in [0.05, 0.1) is 0 Å². The van der Waals surface area contributed by atoms with E-state index in [4.69, 9.17) is 4.74 Å². The summed E-state index contributed by atoms with van der Waals surface area (Å²) in [6.45, 7) is 0.875. The van der Waals surface area contributed by atoms with E-state index in [0.717, 1.165) is 0 Å². The SMILES string of the molecule is CC(=O)OCC(=O)Oc1ccccc1. The topological polar surface area (TPSA) is 52.6 Å². The third-order valence-corrected chi connectivity index (χ3v) is 1.37. The maximum atomic E-state index is 11.0. The van der Waals surface area contributed by atoms with Crippen LogP contribution in [-0.4, -0.2) is 18.5 Å². The van der Waals surface area contributed by atoms with Crippen molar-refractivity contribution in [1.82, 2.24) is 0 Å². The highest BCUT2D eigenvalue weighted by Crippen LogP contribution is 2.08. The van der Waals surface area contributed by atoms with Crippen LogP contribution < -0.4 is 4.74 Å². The second-order valence-electron chi connectivity index (χ2n) is 2.57. The number of hydrogen-bond donors (Lipinski definition) is 0. The van der Waals surface area contributed by atoms with Gasteiger partial charge in [0, 0.05) is 6.92 Å². The van der Waals surface area contributed by atoms with Crippen LogP contribution in [0.1, 0.15) is 6.92 Å². The molecule has 0 saturated carbocycles. The average Bonchev–Trinajstić information content (AvgIpc) is 2.16. The molecule has 0 fully saturated rings. The largest absolute Gasteiger partial charge is 0.454 e. The van der Waals surface area contributed by atoms with Crippen molar-refractivity contribution < 1.29 is 19.1 Å². The summed E-state index contributed by atoms with van der Waals surface area (Å²) < 4.78 is 9.31. The Balaban J connectivity index is 2.38. The first-order valence-electron chi connectivity index (χ1n) is 4.07. The number of hydrogen-bond acceptors (Lipinski definition) is 4. The molecular formula is C10H10O4. The lowest BCUT2D eigenvalue weighted by molar-refractivity contribution is -0.152. The zero-order valence-corrected chi connectivity index (χ0v) is 7.73. The second kappa shape index (κ2) is 5.01. The zero-order chi connectivity index (χ0) is 10.4. The molecule has 1 rings (SSSR count). The van der Waals surface area contributed by atoms with Crippen molar-refractivity contribution in [1.29, 1.82) is 0 Å². The molecule has 1 aromatic rings. The molecular weight excluding hydrogens is 184 g/mol. The number of esters is 2. The molecule has 74 valence electrons. The molecule has 0 unspecified atom stereocenters. The van der Waals surface area contributed by atoms with Crippen LogP contribution in [0.3, 0.4) is 0 Å². The Bertz CT molecular complexity index is 318. The Morgan fingerprint density at radius 3 is 2.43 bits per heavy atom. The van der Waals surface area contributed by atoms with Crippen LogP contribution in [0.25, 0.3) is 0 Å². The molecule has 0 atom stereocenters. The predicted octanol–water partition coefficient (Wildman–Crippen LogP) is 1.16. The molecule has 1 aromatic carbocycles. The minimum Gasteiger partial charge on any atom is -0.454 e. The van der Waals surface area contributed by atoms with Crippen LogP contribution in [0.5, 0.6) is 5.75 Å². The fourth-order valence-electron chi connectivity index (χ4n) is 0.810. The van der Waals surface area contributed by atoms with E-state index in [1.54, 1.807) is 24.3 Å². The Hall–Kier alpha value is -1.84. The van der Waals surface area contributed by atoms with Gasteiger partial charge in [0.25, 0.3) is 0 Å². The van der Waals surface area contributed by atoms with Crippen molar-refractivity contribution in [2.24, 2.45) is 0 Å². The van der Waals surface area contributed by atoms with Gasteiger partial charge in [0.2, 0.25) is 0 Å². The van der Waals surface area contributed by atoms with Gasteiger partial charge in [-0.1, -0.05) is 18.2 Å². The average molecular weight is 194 g/mol. The van der Waals surface area contributed by atoms with E-state index in [9.17, 15) is 9.59 Å². The molecule has 4 heteroatoms. The fourth-order valence-corrected chi connectivity index (χ4v) is 0.810. The fraction of sp³-hybridized carbons (Fsp3) is 0.200. The monoisotopic (exact) mass is 194 g/mol. The van der Waals surface area contributed by atoms with E-state index in [1.807, 2.05) is 6.07 Å². The number of carbonyl (C=O) groups excluding carboxylic acids is 2. The molecule has 0 heterocycles. The highest BCUT2D eigenvalue weighted by Gasteiger charge is 2.05. The summed E-state index contributed by atoms with van der Waals surface area (Å²) in [7, 11) is 0. The van der Waals surface area contributed by atoms with Crippen LogP contribution in [0.4, 0.5) is 0 Å². The maximum Gasteiger partial charge on any atom is 0.349 e. The van der Waals surface area contributed by atoms with Crippen LogP contribution >= 0.6 is 0 Å². The van der Waals surface area contributed by atoms with E-state index >= 15 is 0 Å². The highest BCUT2D eigenvalue weighted by atomic mass is 16.6. The van der Waals surface area contributed by atoms with Crippen molar-refractivity contribution in [2.75, 3.05) is 6.61 Å². The van der Waals surface area contributed by atoms with Gasteiger partial charge in [-0.25, -0.2) is 4.79 Å². The number of ether oxygens (including phenoxy) is 2. The number of rotatable bonds is 3. The lowest BCUT2D eigenvalue weighted by atomic mass is 10.3. The van der Waals surface area contributed by atoms with Crippen LogP contribution in [0, 0.1) is 0 Å². The van der Waals surface area contributed by atoms with Gasteiger partial charge in [-0.05, 0) is 12.1 Å². The summed E-state index contributed by atoms with van der Waals surface area (Å²) in [6, 6.07) is 8.59. The predicted molar refractivity (Wildman–Crippen MR) is 48.7 cm³/mol. The van der Waals surface area contributed by atoms with Gasteiger partial charge in [0.15, 0.2) is 6.61 Å². The molecule has 0 aliphatic carbocycles. The van der Waals surface area contributed by atoms with Crippen molar-refractivity contribution >= 4 is 11.9 Å². The number of carbonyl (C=O) groups is 2. The normalized spacial score (nSPS) is 9.21. The minimum atomic E-state index is -0.591. The Morgan fingerprint density at radius 2 is 1.86 bits per heavy atom. The molecule has 14 heavy (non-hydrogen) atoms. The summed E-state index contributed by atoms with van der Waals surface area (Å²) in [5.74, 6) is -0.661. The highest BCUT2D eigenvalue weighted by molar-refractivity contribution is 5.76. The molecule has 0 aromatic heterocycles. The number of benzene rings is 1. The molecule has 0 N–H and O–H groups in total. The molecule has 0 spiro atoms. The molecule has 0 saturated heterocycles. The summed E-state index contributed by atoms with van der Waals surface area (Å²) in [5.41, 5.74) is 0. The van der Waals surface area contributed by atoms with Gasteiger partial charge < -0.3 is 9.47 Å². The van der Waals surface area contributed by atoms with Gasteiger partial charge in [-0.2, -0.15) is 0 Å². The zero-order valence-electron chi connectivity index (χ0n) is 7.73. The van der Waals surface area contributed by atoms with Crippen LogP contribution in [0.15, 0.2) is 30.3 Å². The van der Waals surface area contributed by atoms with E-state index in [2.05, 4.69) is 4.74 Å². The van der Waals surface area contributed by atoms with Crippen molar-refractivity contribution in [2.45, 2.75) is 6.92 Å². The summed E-state index contributed by atoms with van der Waals surface area (Å²) in [4.78, 5) is 21.4. The summed E-state index contributed by atoms with van der Waals surface area (Å²) in [5, 5.41) is 0. The molecule has 0 bridgehead atoms. The van der Waals surface area contributed by atoms with E-state index in [0.29, 0.717) is 5.75 Å². The van der Waals surface area contributed by atoms with Crippen LogP contribution in [-0.2, 0) is 14.3 Å². The summed E-state index contributed by atoms with van der Waals surface area (Å²) >= 11 is 0. The quantitative estimate of drug-likeness (QED) is 0.535. The lowest BCUT2D eigenvalue weighted by Gasteiger charge is -2.03. The molecule has 0 aliphatic heterocycles. The molecule has 0 amide bonds. The summed E-state index contributed by atoms with van der Waals surface area (Å²) in [6.07, 6.45) is 0. The maximum absolute atomic E-state index is 11.0. The van der Waals surface area contributed by atoms with E-state index in [-0.39, 0.29) is 6.61 Å².